The highest BCUT2D eigenvalue weighted by Gasteiger charge is 2.14. The van der Waals surface area contributed by atoms with Gasteiger partial charge >= 0.3 is 5.97 Å². The van der Waals surface area contributed by atoms with Crippen LogP contribution < -0.4 is 0 Å². The van der Waals surface area contributed by atoms with Crippen molar-refractivity contribution in [1.29, 1.82) is 0 Å². The first-order valence-electron chi connectivity index (χ1n) is 7.15. The van der Waals surface area contributed by atoms with Crippen molar-refractivity contribution in [2.75, 3.05) is 0 Å². The Kier molecular flexibility index (Phi) is 6.46. The number of hydrogen-bond acceptors (Lipinski definition) is 4. The summed E-state index contributed by atoms with van der Waals surface area (Å²) in [5.74, 6) is -0.176. The van der Waals surface area contributed by atoms with Gasteiger partial charge in [-0.3, -0.25) is 4.79 Å². The second-order valence-corrected chi connectivity index (χ2v) is 6.07. The lowest BCUT2D eigenvalue weighted by atomic mass is 10.1. The zero-order valence-electron chi connectivity index (χ0n) is 12.9. The third-order valence-corrected chi connectivity index (χ3v) is 3.64. The molecule has 6 heteroatoms. The Morgan fingerprint density at radius 3 is 2.33 bits per heavy atom. The Bertz CT molecular complexity index is 803. The van der Waals surface area contributed by atoms with E-state index in [0.717, 1.165) is 16.8 Å². The first-order valence-corrected chi connectivity index (χ1v) is 8.04. The van der Waals surface area contributed by atoms with Gasteiger partial charge in [0.05, 0.1) is 10.3 Å². The molecule has 1 unspecified atom stereocenters. The van der Waals surface area contributed by atoms with Crippen LogP contribution in [0.25, 0.3) is 22.6 Å². The fourth-order valence-corrected chi connectivity index (χ4v) is 2.11. The lowest BCUT2D eigenvalue weighted by Crippen LogP contribution is -2.06. The van der Waals surface area contributed by atoms with Crippen molar-refractivity contribution < 1.29 is 14.3 Å². The molecular formula is C18H16ClNO3S. The highest BCUT2D eigenvalue weighted by Crippen LogP contribution is 2.34. The number of rotatable bonds is 3. The van der Waals surface area contributed by atoms with E-state index in [1.54, 1.807) is 0 Å². The molecule has 0 aliphatic carbocycles. The molecule has 0 aliphatic rings. The lowest BCUT2D eigenvalue weighted by molar-refractivity contribution is -0.136. The molecule has 24 heavy (non-hydrogen) atoms. The van der Waals surface area contributed by atoms with Crippen LogP contribution in [0.2, 0.25) is 5.02 Å². The van der Waals surface area contributed by atoms with Gasteiger partial charge in [-0.05, 0) is 19.1 Å². The molecule has 1 aromatic heterocycles. The van der Waals surface area contributed by atoms with Crippen molar-refractivity contribution in [3.05, 3.63) is 66.0 Å². The Hall–Kier alpha value is -2.24. The van der Waals surface area contributed by atoms with Gasteiger partial charge in [-0.25, -0.2) is 4.98 Å². The molecule has 0 radical (unpaired) electrons. The molecule has 1 heterocycles. The monoisotopic (exact) mass is 361 g/mol. The third-order valence-electron chi connectivity index (χ3n) is 3.09. The molecule has 0 amide bonds. The van der Waals surface area contributed by atoms with Gasteiger partial charge in [0, 0.05) is 11.1 Å². The van der Waals surface area contributed by atoms with E-state index < -0.39 is 11.2 Å². The number of halogens is 1. The summed E-state index contributed by atoms with van der Waals surface area (Å²) in [5, 5.41) is 8.04. The number of carboxylic acid groups (broad SMARTS) is 1. The molecule has 124 valence electrons. The van der Waals surface area contributed by atoms with Gasteiger partial charge in [-0.15, -0.1) is 0 Å². The Labute approximate surface area is 150 Å². The van der Waals surface area contributed by atoms with E-state index >= 15 is 0 Å². The summed E-state index contributed by atoms with van der Waals surface area (Å²) in [6.45, 7) is 1.51. The molecule has 3 aromatic rings. The number of nitrogens with zero attached hydrogens (tertiary/aromatic N) is 1. The molecule has 4 nitrogen and oxygen atoms in total. The maximum Gasteiger partial charge on any atom is 0.316 e. The molecule has 3 rings (SSSR count). The number of benzene rings is 2. The molecule has 0 saturated carbocycles. The molecule has 0 bridgehead atoms. The minimum Gasteiger partial charge on any atom is -0.480 e. The summed E-state index contributed by atoms with van der Waals surface area (Å²) >= 11 is 9.78. The average Bonchev–Trinajstić information content (AvgIpc) is 3.06. The van der Waals surface area contributed by atoms with Crippen LogP contribution in [0.15, 0.2) is 65.4 Å². The summed E-state index contributed by atoms with van der Waals surface area (Å²) in [7, 11) is 0. The molecule has 0 spiro atoms. The smallest absolute Gasteiger partial charge is 0.316 e. The maximum atomic E-state index is 9.62. The molecular weight excluding hydrogens is 346 g/mol. The average molecular weight is 362 g/mol. The van der Waals surface area contributed by atoms with Crippen LogP contribution in [-0.4, -0.2) is 21.3 Å². The lowest BCUT2D eigenvalue weighted by Gasteiger charge is -2.03. The fraction of sp³-hybridized carbons (Fsp3) is 0.111. The third kappa shape index (κ3) is 4.63. The maximum absolute atomic E-state index is 9.62. The summed E-state index contributed by atoms with van der Waals surface area (Å²) in [4.78, 5) is 13.9. The van der Waals surface area contributed by atoms with E-state index in [4.69, 9.17) is 21.1 Å². The quantitative estimate of drug-likeness (QED) is 0.640. The Morgan fingerprint density at radius 1 is 1.17 bits per heavy atom. The zero-order chi connectivity index (χ0) is 17.5. The summed E-state index contributed by atoms with van der Waals surface area (Å²) < 4.78 is 5.49. The van der Waals surface area contributed by atoms with Crippen molar-refractivity contribution in [3.63, 3.8) is 0 Å². The highest BCUT2D eigenvalue weighted by atomic mass is 35.5. The van der Waals surface area contributed by atoms with Crippen LogP contribution >= 0.6 is 24.2 Å². The number of carboxylic acids is 1. The number of aliphatic carboxylic acids is 1. The molecule has 0 aliphatic heterocycles. The van der Waals surface area contributed by atoms with Gasteiger partial charge < -0.3 is 9.52 Å². The zero-order valence-corrected chi connectivity index (χ0v) is 14.5. The van der Waals surface area contributed by atoms with E-state index in [2.05, 4.69) is 17.6 Å². The summed E-state index contributed by atoms with van der Waals surface area (Å²) in [5.41, 5.74) is 2.68. The topological polar surface area (TPSA) is 63.3 Å². The van der Waals surface area contributed by atoms with Gasteiger partial charge in [-0.1, -0.05) is 54.1 Å². The Morgan fingerprint density at radius 2 is 1.75 bits per heavy atom. The van der Waals surface area contributed by atoms with Crippen LogP contribution in [0.5, 0.6) is 0 Å². The highest BCUT2D eigenvalue weighted by molar-refractivity contribution is 7.81. The minimum atomic E-state index is -0.877. The number of oxazole rings is 1. The standard InChI is InChI=1S/C15H10ClNO.C3H6O2S/c16-13-9-5-4-8-12(13)15-14(17-10-18-15)11-6-2-1-3-7-11;1-2(6)3(4)5/h1-10H;2,6H,1H3,(H,4,5). The number of hydrogen-bond donors (Lipinski definition) is 2. The number of thiol groups is 1. The predicted octanol–water partition coefficient (Wildman–Crippen LogP) is 5.05. The summed E-state index contributed by atoms with van der Waals surface area (Å²) in [6, 6.07) is 17.5. The number of carbonyl (C=O) groups is 1. The molecule has 0 fully saturated rings. The van der Waals surface area contributed by atoms with Gasteiger partial charge in [0.1, 0.15) is 5.69 Å². The van der Waals surface area contributed by atoms with Crippen LogP contribution in [0, 0.1) is 0 Å². The van der Waals surface area contributed by atoms with Crippen LogP contribution in [0.3, 0.4) is 0 Å². The van der Waals surface area contributed by atoms with Crippen molar-refractivity contribution in [3.8, 4) is 22.6 Å². The van der Waals surface area contributed by atoms with Gasteiger partial charge in [0.2, 0.25) is 0 Å². The van der Waals surface area contributed by atoms with Crippen molar-refractivity contribution in [2.45, 2.75) is 12.2 Å². The van der Waals surface area contributed by atoms with Crippen LogP contribution in [0.4, 0.5) is 0 Å². The first kappa shape index (κ1) is 18.1. The molecule has 2 aromatic carbocycles. The van der Waals surface area contributed by atoms with E-state index in [-0.39, 0.29) is 0 Å². The normalized spacial score (nSPS) is 11.3. The second kappa shape index (κ2) is 8.57. The van der Waals surface area contributed by atoms with E-state index in [9.17, 15) is 4.79 Å². The van der Waals surface area contributed by atoms with Crippen molar-refractivity contribution in [2.24, 2.45) is 0 Å². The first-order chi connectivity index (χ1) is 11.5. The Balaban J connectivity index is 0.000000301. The largest absolute Gasteiger partial charge is 0.480 e. The van der Waals surface area contributed by atoms with Gasteiger partial charge in [0.15, 0.2) is 12.2 Å². The van der Waals surface area contributed by atoms with E-state index in [0.29, 0.717) is 10.8 Å². The molecule has 1 atom stereocenters. The number of aromatic nitrogens is 1. The summed E-state index contributed by atoms with van der Waals surface area (Å²) in [6.07, 6.45) is 1.45. The molecule has 0 saturated heterocycles. The van der Waals surface area contributed by atoms with Crippen molar-refractivity contribution >= 4 is 30.2 Å². The second-order valence-electron chi connectivity index (χ2n) is 4.89. The van der Waals surface area contributed by atoms with E-state index in [1.807, 2.05) is 54.6 Å². The predicted molar refractivity (Wildman–Crippen MR) is 98.5 cm³/mol. The fourth-order valence-electron chi connectivity index (χ4n) is 1.88. The van der Waals surface area contributed by atoms with Crippen LogP contribution in [-0.2, 0) is 4.79 Å². The van der Waals surface area contributed by atoms with Gasteiger partial charge in [-0.2, -0.15) is 12.6 Å². The SMILES string of the molecule is CC(S)C(=O)O.Clc1ccccc1-c1ocnc1-c1ccccc1. The van der Waals surface area contributed by atoms with Gasteiger partial charge in [0.25, 0.3) is 0 Å². The van der Waals surface area contributed by atoms with Crippen LogP contribution in [0.1, 0.15) is 6.92 Å². The molecule has 1 N–H and O–H groups in total. The van der Waals surface area contributed by atoms with E-state index in [1.165, 1.54) is 13.3 Å². The van der Waals surface area contributed by atoms with Crippen molar-refractivity contribution in [1.82, 2.24) is 4.98 Å². The minimum absolute atomic E-state index is 0.537.